The molecule has 0 amide bonds. The second-order valence-corrected chi connectivity index (χ2v) is 4.97. The normalized spacial score (nSPS) is 19.6. The molecule has 2 heterocycles. The topological polar surface area (TPSA) is 28.4 Å². The summed E-state index contributed by atoms with van der Waals surface area (Å²) in [6.07, 6.45) is -4.98. The summed E-state index contributed by atoms with van der Waals surface area (Å²) < 4.78 is 42.5. The van der Waals surface area contributed by atoms with Gasteiger partial charge < -0.3 is 9.73 Å². The van der Waals surface area contributed by atoms with E-state index in [1.807, 2.05) is 4.90 Å². The van der Waals surface area contributed by atoms with Crippen molar-refractivity contribution in [3.8, 4) is 0 Å². The summed E-state index contributed by atoms with van der Waals surface area (Å²) in [7, 11) is 0. The number of alkyl halides is 3. The zero-order chi connectivity index (χ0) is 13.9. The van der Waals surface area contributed by atoms with Crippen molar-refractivity contribution in [3.05, 3.63) is 23.1 Å². The number of furan rings is 1. The molecule has 1 saturated heterocycles. The molecule has 1 aromatic heterocycles. The summed E-state index contributed by atoms with van der Waals surface area (Å²) in [5, 5.41) is 3.39. The first kappa shape index (κ1) is 14.7. The Balaban J connectivity index is 2.08. The van der Waals surface area contributed by atoms with Crippen LogP contribution in [0.3, 0.4) is 0 Å². The van der Waals surface area contributed by atoms with Crippen molar-refractivity contribution in [1.82, 2.24) is 10.2 Å². The van der Waals surface area contributed by atoms with E-state index in [4.69, 9.17) is 16.0 Å². The van der Waals surface area contributed by atoms with Crippen LogP contribution >= 0.6 is 11.6 Å². The highest BCUT2D eigenvalue weighted by molar-refractivity contribution is 6.28. The molecule has 108 valence electrons. The molecule has 1 aliphatic rings. The SMILES string of the molecule is FC(F)(F)CC[C@H](c1ccc(Cl)o1)N1CCNCC1. The van der Waals surface area contributed by atoms with E-state index in [1.165, 1.54) is 0 Å². The number of rotatable bonds is 4. The zero-order valence-electron chi connectivity index (χ0n) is 10.3. The van der Waals surface area contributed by atoms with Gasteiger partial charge in [-0.15, -0.1) is 0 Å². The molecule has 1 N–H and O–H groups in total. The number of piperazine rings is 1. The molecule has 2 rings (SSSR count). The molecule has 0 unspecified atom stereocenters. The summed E-state index contributed by atoms with van der Waals surface area (Å²) in [6.45, 7) is 2.97. The molecule has 19 heavy (non-hydrogen) atoms. The van der Waals surface area contributed by atoms with Gasteiger partial charge in [-0.25, -0.2) is 0 Å². The van der Waals surface area contributed by atoms with E-state index < -0.39 is 12.6 Å². The molecule has 0 saturated carbocycles. The maximum atomic E-state index is 12.4. The third-order valence-electron chi connectivity index (χ3n) is 3.22. The fourth-order valence-electron chi connectivity index (χ4n) is 2.31. The second-order valence-electron chi connectivity index (χ2n) is 4.60. The number of nitrogens with one attached hydrogen (secondary N) is 1. The quantitative estimate of drug-likeness (QED) is 0.925. The highest BCUT2D eigenvalue weighted by Crippen LogP contribution is 2.33. The van der Waals surface area contributed by atoms with Crippen LogP contribution in [0.2, 0.25) is 5.22 Å². The largest absolute Gasteiger partial charge is 0.448 e. The van der Waals surface area contributed by atoms with Gasteiger partial charge in [0.05, 0.1) is 6.04 Å². The van der Waals surface area contributed by atoms with Crippen molar-refractivity contribution in [1.29, 1.82) is 0 Å². The fraction of sp³-hybridized carbons (Fsp3) is 0.667. The molecular weight excluding hydrogens is 281 g/mol. The van der Waals surface area contributed by atoms with E-state index in [9.17, 15) is 13.2 Å². The van der Waals surface area contributed by atoms with Crippen LogP contribution in [-0.4, -0.2) is 37.3 Å². The van der Waals surface area contributed by atoms with Crippen LogP contribution in [-0.2, 0) is 0 Å². The smallest absolute Gasteiger partial charge is 0.389 e. The van der Waals surface area contributed by atoms with Gasteiger partial charge in [-0.3, -0.25) is 4.90 Å². The van der Waals surface area contributed by atoms with Crippen LogP contribution in [0.1, 0.15) is 24.6 Å². The van der Waals surface area contributed by atoms with Crippen LogP contribution in [0.5, 0.6) is 0 Å². The minimum atomic E-state index is -4.15. The average molecular weight is 297 g/mol. The summed E-state index contributed by atoms with van der Waals surface area (Å²) in [5.41, 5.74) is 0. The molecule has 0 radical (unpaired) electrons. The fourth-order valence-corrected chi connectivity index (χ4v) is 2.46. The lowest BCUT2D eigenvalue weighted by Gasteiger charge is -2.34. The van der Waals surface area contributed by atoms with Gasteiger partial charge in [0.25, 0.3) is 0 Å². The maximum Gasteiger partial charge on any atom is 0.389 e. The predicted molar refractivity (Wildman–Crippen MR) is 66.2 cm³/mol. The first-order valence-corrected chi connectivity index (χ1v) is 6.60. The van der Waals surface area contributed by atoms with Gasteiger partial charge in [-0.05, 0) is 30.2 Å². The van der Waals surface area contributed by atoms with Gasteiger partial charge in [-0.2, -0.15) is 13.2 Å². The van der Waals surface area contributed by atoms with E-state index in [0.29, 0.717) is 18.8 Å². The third kappa shape index (κ3) is 4.40. The van der Waals surface area contributed by atoms with Crippen molar-refractivity contribution >= 4 is 11.6 Å². The van der Waals surface area contributed by atoms with E-state index >= 15 is 0 Å². The van der Waals surface area contributed by atoms with Crippen molar-refractivity contribution in [3.63, 3.8) is 0 Å². The molecule has 7 heteroatoms. The predicted octanol–water partition coefficient (Wildman–Crippen LogP) is 3.22. The Morgan fingerprint density at radius 2 is 2.00 bits per heavy atom. The van der Waals surface area contributed by atoms with Crippen LogP contribution in [0.15, 0.2) is 16.5 Å². The second kappa shape index (κ2) is 6.15. The van der Waals surface area contributed by atoms with Crippen LogP contribution < -0.4 is 5.32 Å². The van der Waals surface area contributed by atoms with Crippen LogP contribution in [0, 0.1) is 0 Å². The summed E-state index contributed by atoms with van der Waals surface area (Å²) in [6, 6.07) is 2.86. The van der Waals surface area contributed by atoms with Gasteiger partial charge in [0.2, 0.25) is 0 Å². The van der Waals surface area contributed by atoms with Gasteiger partial charge in [0.1, 0.15) is 5.76 Å². The Bertz CT molecular complexity index is 402. The molecule has 1 fully saturated rings. The maximum absolute atomic E-state index is 12.4. The summed E-state index contributed by atoms with van der Waals surface area (Å²) in [4.78, 5) is 2.01. The van der Waals surface area contributed by atoms with Crippen molar-refractivity contribution in [2.24, 2.45) is 0 Å². The molecule has 0 aliphatic carbocycles. The molecule has 3 nitrogen and oxygen atoms in total. The Morgan fingerprint density at radius 3 is 2.53 bits per heavy atom. The average Bonchev–Trinajstić information content (AvgIpc) is 2.76. The minimum absolute atomic E-state index is 0.00660. The monoisotopic (exact) mass is 296 g/mol. The zero-order valence-corrected chi connectivity index (χ0v) is 11.1. The molecule has 0 spiro atoms. The number of hydrogen-bond acceptors (Lipinski definition) is 3. The Kier molecular flexibility index (Phi) is 4.76. The molecule has 1 atom stereocenters. The molecular formula is C12H16ClF3N2O. The standard InChI is InChI=1S/C12H16ClF3N2O/c13-11-2-1-10(19-11)9(3-4-12(14,15)16)18-7-5-17-6-8-18/h1-2,9,17H,3-8H2/t9-/m1/s1. The van der Waals surface area contributed by atoms with Gasteiger partial charge in [0.15, 0.2) is 5.22 Å². The first-order valence-electron chi connectivity index (χ1n) is 6.22. The lowest BCUT2D eigenvalue weighted by molar-refractivity contribution is -0.138. The minimum Gasteiger partial charge on any atom is -0.448 e. The van der Waals surface area contributed by atoms with Crippen molar-refractivity contribution in [2.45, 2.75) is 25.1 Å². The van der Waals surface area contributed by atoms with E-state index in [0.717, 1.165) is 13.1 Å². The van der Waals surface area contributed by atoms with E-state index in [2.05, 4.69) is 5.32 Å². The van der Waals surface area contributed by atoms with E-state index in [1.54, 1.807) is 12.1 Å². The third-order valence-corrected chi connectivity index (χ3v) is 3.42. The molecule has 0 aromatic carbocycles. The molecule has 0 bridgehead atoms. The van der Waals surface area contributed by atoms with Gasteiger partial charge >= 0.3 is 6.18 Å². The van der Waals surface area contributed by atoms with E-state index in [-0.39, 0.29) is 17.7 Å². The van der Waals surface area contributed by atoms with Gasteiger partial charge in [0, 0.05) is 32.6 Å². The van der Waals surface area contributed by atoms with Crippen molar-refractivity contribution in [2.75, 3.05) is 26.2 Å². The summed E-state index contributed by atoms with van der Waals surface area (Å²) in [5.74, 6) is 0.510. The highest BCUT2D eigenvalue weighted by Gasteiger charge is 2.32. The van der Waals surface area contributed by atoms with Crippen LogP contribution in [0.25, 0.3) is 0 Å². The Hall–Kier alpha value is -0.720. The lowest BCUT2D eigenvalue weighted by atomic mass is 10.1. The summed E-state index contributed by atoms with van der Waals surface area (Å²) >= 11 is 5.71. The molecule has 1 aromatic rings. The lowest BCUT2D eigenvalue weighted by Crippen LogP contribution is -2.45. The van der Waals surface area contributed by atoms with Crippen LogP contribution in [0.4, 0.5) is 13.2 Å². The molecule has 1 aliphatic heterocycles. The van der Waals surface area contributed by atoms with Crippen molar-refractivity contribution < 1.29 is 17.6 Å². The number of halogens is 4. The highest BCUT2D eigenvalue weighted by atomic mass is 35.5. The number of hydrogen-bond donors (Lipinski definition) is 1. The van der Waals surface area contributed by atoms with Gasteiger partial charge in [-0.1, -0.05) is 0 Å². The Morgan fingerprint density at radius 1 is 1.32 bits per heavy atom. The first-order chi connectivity index (χ1) is 8.96. The Labute approximate surface area is 114 Å². The number of nitrogens with zero attached hydrogens (tertiary/aromatic N) is 1.